The van der Waals surface area contributed by atoms with Crippen LogP contribution in [-0.4, -0.2) is 12.6 Å². The third kappa shape index (κ3) is 6.79. The Bertz CT molecular complexity index is 212. The maximum Gasteiger partial charge on any atom is 0.00104 e. The van der Waals surface area contributed by atoms with Gasteiger partial charge in [-0.2, -0.15) is 0 Å². The van der Waals surface area contributed by atoms with Crippen molar-refractivity contribution in [1.82, 2.24) is 5.32 Å². The number of unbranched alkanes of at least 4 members (excludes halogenated alkanes) is 3. The summed E-state index contributed by atoms with van der Waals surface area (Å²) in [6.45, 7) is 10.5. The molecule has 1 aliphatic carbocycles. The van der Waals surface area contributed by atoms with E-state index in [0.717, 1.165) is 17.8 Å². The van der Waals surface area contributed by atoms with Crippen LogP contribution >= 0.6 is 0 Å². The van der Waals surface area contributed by atoms with Crippen molar-refractivity contribution in [3.63, 3.8) is 0 Å². The van der Waals surface area contributed by atoms with E-state index in [9.17, 15) is 0 Å². The minimum atomic E-state index is 0.643. The molecule has 0 spiro atoms. The van der Waals surface area contributed by atoms with E-state index in [4.69, 9.17) is 0 Å². The summed E-state index contributed by atoms with van der Waals surface area (Å²) in [4.78, 5) is 0. The molecule has 3 unspecified atom stereocenters. The molecule has 0 bridgehead atoms. The lowest BCUT2D eigenvalue weighted by Gasteiger charge is -2.36. The van der Waals surface area contributed by atoms with Crippen LogP contribution in [0.25, 0.3) is 0 Å². The molecule has 0 aliphatic heterocycles. The Morgan fingerprint density at radius 3 is 2.42 bits per heavy atom. The smallest absolute Gasteiger partial charge is 0.00104 e. The van der Waals surface area contributed by atoms with E-state index in [1.165, 1.54) is 64.3 Å². The number of hydrogen-bond acceptors (Lipinski definition) is 1. The van der Waals surface area contributed by atoms with Gasteiger partial charge in [-0.1, -0.05) is 72.6 Å². The van der Waals surface area contributed by atoms with Gasteiger partial charge in [0.15, 0.2) is 0 Å². The van der Waals surface area contributed by atoms with Crippen LogP contribution in [0.2, 0.25) is 0 Å². The van der Waals surface area contributed by atoms with Crippen molar-refractivity contribution < 1.29 is 0 Å². The van der Waals surface area contributed by atoms with Crippen molar-refractivity contribution in [3.8, 4) is 0 Å². The number of hydrogen-bond donors (Lipinski definition) is 1. The lowest BCUT2D eigenvalue weighted by Crippen LogP contribution is -2.36. The van der Waals surface area contributed by atoms with Crippen LogP contribution in [0, 0.1) is 17.8 Å². The molecular weight excluding hydrogens is 230 g/mol. The van der Waals surface area contributed by atoms with Gasteiger partial charge < -0.3 is 5.32 Å². The van der Waals surface area contributed by atoms with Gasteiger partial charge in [-0.3, -0.25) is 0 Å². The first-order valence-electron chi connectivity index (χ1n) is 8.90. The van der Waals surface area contributed by atoms with Crippen molar-refractivity contribution in [2.24, 2.45) is 17.8 Å². The zero-order chi connectivity index (χ0) is 14.1. The lowest BCUT2D eigenvalue weighted by molar-refractivity contribution is 0.158. The monoisotopic (exact) mass is 267 g/mol. The molecule has 1 fully saturated rings. The van der Waals surface area contributed by atoms with Crippen molar-refractivity contribution in [2.45, 2.75) is 91.5 Å². The second-order valence-corrected chi connectivity index (χ2v) is 7.02. The average Bonchev–Trinajstić information content (AvgIpc) is 2.41. The van der Waals surface area contributed by atoms with E-state index >= 15 is 0 Å². The van der Waals surface area contributed by atoms with Crippen LogP contribution < -0.4 is 5.32 Å². The predicted molar refractivity (Wildman–Crippen MR) is 86.5 cm³/mol. The minimum Gasteiger partial charge on any atom is -0.314 e. The highest BCUT2D eigenvalue weighted by Gasteiger charge is 2.29. The van der Waals surface area contributed by atoms with Gasteiger partial charge in [-0.15, -0.1) is 0 Å². The molecule has 0 amide bonds. The van der Waals surface area contributed by atoms with E-state index in [2.05, 4.69) is 33.0 Å². The highest BCUT2D eigenvalue weighted by molar-refractivity contribution is 4.81. The fourth-order valence-corrected chi connectivity index (χ4v) is 3.64. The maximum atomic E-state index is 3.68. The first kappa shape index (κ1) is 17.0. The number of nitrogens with one attached hydrogen (secondary N) is 1. The van der Waals surface area contributed by atoms with E-state index in [0.29, 0.717) is 6.04 Å². The largest absolute Gasteiger partial charge is 0.314 e. The summed E-state index contributed by atoms with van der Waals surface area (Å²) in [6, 6.07) is 0.643. The molecule has 1 heteroatoms. The molecular formula is C18H37N. The van der Waals surface area contributed by atoms with Crippen LogP contribution in [0.4, 0.5) is 0 Å². The zero-order valence-electron chi connectivity index (χ0n) is 13.9. The molecule has 1 rings (SSSR count). The molecule has 1 N–H and O–H groups in total. The highest BCUT2D eigenvalue weighted by Crippen LogP contribution is 2.38. The van der Waals surface area contributed by atoms with Gasteiger partial charge >= 0.3 is 0 Å². The summed E-state index contributed by atoms with van der Waals surface area (Å²) < 4.78 is 0. The summed E-state index contributed by atoms with van der Waals surface area (Å²) in [7, 11) is 0. The molecule has 0 saturated heterocycles. The molecule has 3 atom stereocenters. The van der Waals surface area contributed by atoms with Crippen LogP contribution in [0.5, 0.6) is 0 Å². The van der Waals surface area contributed by atoms with Gasteiger partial charge in [0.25, 0.3) is 0 Å². The van der Waals surface area contributed by atoms with Crippen molar-refractivity contribution in [2.75, 3.05) is 6.54 Å². The molecule has 0 aromatic carbocycles. The van der Waals surface area contributed by atoms with Gasteiger partial charge in [0.05, 0.1) is 0 Å². The summed E-state index contributed by atoms with van der Waals surface area (Å²) in [5, 5.41) is 3.68. The molecule has 0 aromatic heterocycles. The molecule has 1 nitrogen and oxygen atoms in total. The fourth-order valence-electron chi connectivity index (χ4n) is 3.64. The third-order valence-electron chi connectivity index (χ3n) is 5.04. The first-order valence-corrected chi connectivity index (χ1v) is 8.90. The Kier molecular flexibility index (Phi) is 8.77. The van der Waals surface area contributed by atoms with Gasteiger partial charge in [-0.05, 0) is 37.1 Å². The van der Waals surface area contributed by atoms with Crippen molar-refractivity contribution >= 4 is 0 Å². The second kappa shape index (κ2) is 9.80. The van der Waals surface area contributed by atoms with Crippen LogP contribution in [-0.2, 0) is 0 Å². The molecule has 19 heavy (non-hydrogen) atoms. The van der Waals surface area contributed by atoms with Gasteiger partial charge in [0.1, 0.15) is 0 Å². The average molecular weight is 268 g/mol. The van der Waals surface area contributed by atoms with Crippen LogP contribution in [0.1, 0.15) is 85.5 Å². The molecule has 0 radical (unpaired) electrons. The van der Waals surface area contributed by atoms with E-state index in [-0.39, 0.29) is 0 Å². The normalized spacial score (nSPS) is 27.9. The van der Waals surface area contributed by atoms with Crippen molar-refractivity contribution in [3.05, 3.63) is 0 Å². The summed E-state index contributed by atoms with van der Waals surface area (Å²) in [5.41, 5.74) is 0. The van der Waals surface area contributed by atoms with E-state index in [1.807, 2.05) is 0 Å². The summed E-state index contributed by atoms with van der Waals surface area (Å²) in [5.74, 6) is 2.97. The molecule has 0 heterocycles. The van der Waals surface area contributed by atoms with Crippen LogP contribution in [0.3, 0.4) is 0 Å². The molecule has 114 valence electrons. The van der Waals surface area contributed by atoms with Crippen molar-refractivity contribution in [1.29, 1.82) is 0 Å². The van der Waals surface area contributed by atoms with Crippen LogP contribution in [0.15, 0.2) is 0 Å². The van der Waals surface area contributed by atoms with E-state index < -0.39 is 0 Å². The Balaban J connectivity index is 2.36. The highest BCUT2D eigenvalue weighted by atomic mass is 14.9. The number of rotatable bonds is 9. The first-order chi connectivity index (χ1) is 9.17. The maximum absolute atomic E-state index is 3.68. The minimum absolute atomic E-state index is 0.643. The molecule has 0 aromatic rings. The molecule has 1 aliphatic rings. The Morgan fingerprint density at radius 2 is 1.79 bits per heavy atom. The Morgan fingerprint density at radius 1 is 1.00 bits per heavy atom. The van der Waals surface area contributed by atoms with Gasteiger partial charge in [0, 0.05) is 6.04 Å². The fraction of sp³-hybridized carbons (Fsp3) is 1.00. The van der Waals surface area contributed by atoms with E-state index in [1.54, 1.807) is 0 Å². The Labute approximate surface area is 121 Å². The molecule has 1 saturated carbocycles. The topological polar surface area (TPSA) is 12.0 Å². The summed E-state index contributed by atoms with van der Waals surface area (Å²) >= 11 is 0. The predicted octanol–water partition coefficient (Wildman–Crippen LogP) is 5.40. The standard InChI is InChI=1S/C18H37N/c1-5-7-8-9-10-17-13-16(6-2)11-12-18(17)14-19-15(3)4/h15-19H,5-14H2,1-4H3. The summed E-state index contributed by atoms with van der Waals surface area (Å²) in [6.07, 6.45) is 13.0. The van der Waals surface area contributed by atoms with Gasteiger partial charge in [-0.25, -0.2) is 0 Å². The lowest BCUT2D eigenvalue weighted by atomic mass is 9.71. The third-order valence-corrected chi connectivity index (χ3v) is 5.04. The zero-order valence-corrected chi connectivity index (χ0v) is 13.9. The quantitative estimate of drug-likeness (QED) is 0.552. The Hall–Kier alpha value is -0.0400. The second-order valence-electron chi connectivity index (χ2n) is 7.02. The SMILES string of the molecule is CCCCCCC1CC(CC)CCC1CNC(C)C. The van der Waals surface area contributed by atoms with Gasteiger partial charge in [0.2, 0.25) is 0 Å².